The molecule has 0 aromatic heterocycles. The standard InChI is InChI=1S/C28H24ClNO6/c1-17(26(32)19-8-11-22(35-2)12-9-19)36-28(34)20-14-25(31)30(16-20)24-13-10-21(29)15-23(24)27(33)18-6-4-3-5-7-18/h3-13,15,17,20H,14,16H2,1-2H3/t17-,20-/m1/s1. The van der Waals surface area contributed by atoms with E-state index in [1.807, 2.05) is 0 Å². The molecule has 7 nitrogen and oxygen atoms in total. The summed E-state index contributed by atoms with van der Waals surface area (Å²) in [6.07, 6.45) is -1.12. The lowest BCUT2D eigenvalue weighted by Gasteiger charge is -2.20. The molecule has 0 bridgehead atoms. The van der Waals surface area contributed by atoms with Crippen molar-refractivity contribution in [2.75, 3.05) is 18.6 Å². The van der Waals surface area contributed by atoms with E-state index in [0.29, 0.717) is 27.6 Å². The molecule has 1 fully saturated rings. The lowest BCUT2D eigenvalue weighted by Crippen LogP contribution is -2.31. The van der Waals surface area contributed by atoms with Gasteiger partial charge in [-0.15, -0.1) is 0 Å². The van der Waals surface area contributed by atoms with Crippen LogP contribution in [0.4, 0.5) is 5.69 Å². The average molecular weight is 506 g/mol. The SMILES string of the molecule is COc1ccc(C(=O)[C@@H](C)OC(=O)[C@@H]2CC(=O)N(c3ccc(Cl)cc3C(=O)c3ccccc3)C2)cc1. The Morgan fingerprint density at radius 2 is 1.67 bits per heavy atom. The highest BCUT2D eigenvalue weighted by molar-refractivity contribution is 6.31. The van der Waals surface area contributed by atoms with E-state index in [2.05, 4.69) is 0 Å². The molecule has 0 aliphatic carbocycles. The summed E-state index contributed by atoms with van der Waals surface area (Å²) in [5.41, 5.74) is 1.47. The summed E-state index contributed by atoms with van der Waals surface area (Å²) in [6, 6.07) is 19.9. The Labute approximate surface area is 213 Å². The van der Waals surface area contributed by atoms with Crippen molar-refractivity contribution in [3.63, 3.8) is 0 Å². The largest absolute Gasteiger partial charge is 0.497 e. The van der Waals surface area contributed by atoms with Gasteiger partial charge in [0, 0.05) is 34.7 Å². The summed E-state index contributed by atoms with van der Waals surface area (Å²) < 4.78 is 10.5. The van der Waals surface area contributed by atoms with Gasteiger partial charge in [-0.3, -0.25) is 19.2 Å². The highest BCUT2D eigenvalue weighted by Crippen LogP contribution is 2.32. The fourth-order valence-corrected chi connectivity index (χ4v) is 4.25. The smallest absolute Gasteiger partial charge is 0.312 e. The third-order valence-electron chi connectivity index (χ3n) is 6.03. The van der Waals surface area contributed by atoms with Crippen LogP contribution >= 0.6 is 11.6 Å². The Bertz CT molecular complexity index is 1310. The van der Waals surface area contributed by atoms with Crippen molar-refractivity contribution in [3.8, 4) is 5.75 Å². The maximum Gasteiger partial charge on any atom is 0.312 e. The summed E-state index contributed by atoms with van der Waals surface area (Å²) in [6.45, 7) is 1.52. The third-order valence-corrected chi connectivity index (χ3v) is 6.26. The summed E-state index contributed by atoms with van der Waals surface area (Å²) in [5, 5.41) is 0.353. The second-order valence-electron chi connectivity index (χ2n) is 8.43. The Morgan fingerprint density at radius 3 is 2.33 bits per heavy atom. The number of carbonyl (C=O) groups is 4. The number of hydrogen-bond donors (Lipinski definition) is 0. The number of carbonyl (C=O) groups excluding carboxylic acids is 4. The number of ether oxygens (including phenoxy) is 2. The number of ketones is 2. The molecule has 2 atom stereocenters. The van der Waals surface area contributed by atoms with Gasteiger partial charge < -0.3 is 14.4 Å². The number of benzene rings is 3. The molecule has 1 aliphatic heterocycles. The number of nitrogens with zero attached hydrogens (tertiary/aromatic N) is 1. The normalized spacial score (nSPS) is 15.9. The quantitative estimate of drug-likeness (QED) is 0.324. The van der Waals surface area contributed by atoms with Crippen LogP contribution < -0.4 is 9.64 Å². The summed E-state index contributed by atoms with van der Waals surface area (Å²) in [4.78, 5) is 53.0. The Kier molecular flexibility index (Phi) is 7.50. The molecular formula is C28H24ClNO6. The predicted molar refractivity (Wildman–Crippen MR) is 135 cm³/mol. The summed E-state index contributed by atoms with van der Waals surface area (Å²) in [7, 11) is 1.53. The van der Waals surface area contributed by atoms with Crippen LogP contribution in [0.25, 0.3) is 0 Å². The number of Topliss-reactive ketones (excluding diaryl/α,β-unsaturated/α-hetero) is 1. The molecule has 4 rings (SSSR count). The molecule has 0 radical (unpaired) electrons. The molecule has 0 saturated carbocycles. The number of anilines is 1. The molecule has 1 amide bonds. The van der Waals surface area contributed by atoms with Gasteiger partial charge in [0.25, 0.3) is 0 Å². The van der Waals surface area contributed by atoms with Crippen molar-refractivity contribution in [2.45, 2.75) is 19.4 Å². The van der Waals surface area contributed by atoms with Gasteiger partial charge in [-0.1, -0.05) is 41.9 Å². The molecular weight excluding hydrogens is 482 g/mol. The second-order valence-corrected chi connectivity index (χ2v) is 8.87. The lowest BCUT2D eigenvalue weighted by atomic mass is 10.0. The molecule has 0 spiro atoms. The van der Waals surface area contributed by atoms with Gasteiger partial charge >= 0.3 is 5.97 Å². The van der Waals surface area contributed by atoms with Crippen LogP contribution in [-0.2, 0) is 14.3 Å². The van der Waals surface area contributed by atoms with Gasteiger partial charge in [0.05, 0.1) is 18.7 Å². The number of amides is 1. The summed E-state index contributed by atoms with van der Waals surface area (Å²) in [5.74, 6) is -1.79. The van der Waals surface area contributed by atoms with Crippen LogP contribution in [0.15, 0.2) is 72.8 Å². The molecule has 0 N–H and O–H groups in total. The van der Waals surface area contributed by atoms with Crippen LogP contribution in [0.2, 0.25) is 5.02 Å². The zero-order valence-electron chi connectivity index (χ0n) is 19.8. The van der Waals surface area contributed by atoms with Crippen molar-refractivity contribution in [3.05, 3.63) is 94.5 Å². The number of halogens is 1. The van der Waals surface area contributed by atoms with E-state index in [9.17, 15) is 19.2 Å². The van der Waals surface area contributed by atoms with Gasteiger partial charge in [-0.25, -0.2) is 0 Å². The van der Waals surface area contributed by atoms with Crippen LogP contribution in [0.1, 0.15) is 39.6 Å². The first kappa shape index (κ1) is 25.1. The van der Waals surface area contributed by atoms with Crippen LogP contribution in [0.3, 0.4) is 0 Å². The predicted octanol–water partition coefficient (Wildman–Crippen LogP) is 4.75. The maximum absolute atomic E-state index is 13.2. The molecule has 3 aromatic carbocycles. The van der Waals surface area contributed by atoms with Crippen molar-refractivity contribution in [2.24, 2.45) is 5.92 Å². The van der Waals surface area contributed by atoms with E-state index in [1.54, 1.807) is 66.7 Å². The Morgan fingerprint density at radius 1 is 0.972 bits per heavy atom. The molecule has 1 saturated heterocycles. The van der Waals surface area contributed by atoms with E-state index in [-0.39, 0.29) is 36.0 Å². The fraction of sp³-hybridized carbons (Fsp3) is 0.214. The van der Waals surface area contributed by atoms with Crippen LogP contribution in [-0.4, -0.2) is 43.2 Å². The third kappa shape index (κ3) is 5.31. The molecule has 0 unspecified atom stereocenters. The molecule has 1 aliphatic rings. The van der Waals surface area contributed by atoms with Crippen LogP contribution in [0, 0.1) is 5.92 Å². The van der Waals surface area contributed by atoms with Gasteiger partial charge in [0.1, 0.15) is 5.75 Å². The number of methoxy groups -OCH3 is 1. The van der Waals surface area contributed by atoms with Crippen LogP contribution in [0.5, 0.6) is 5.75 Å². The number of rotatable bonds is 8. The molecule has 8 heteroatoms. The highest BCUT2D eigenvalue weighted by Gasteiger charge is 2.38. The summed E-state index contributed by atoms with van der Waals surface area (Å²) >= 11 is 6.16. The molecule has 1 heterocycles. The first-order valence-corrected chi connectivity index (χ1v) is 11.7. The molecule has 36 heavy (non-hydrogen) atoms. The minimum Gasteiger partial charge on any atom is -0.497 e. The second kappa shape index (κ2) is 10.7. The van der Waals surface area contributed by atoms with Crippen molar-refractivity contribution >= 4 is 40.7 Å². The average Bonchev–Trinajstić information content (AvgIpc) is 3.29. The minimum absolute atomic E-state index is 0.0256. The minimum atomic E-state index is -1.03. The van der Waals surface area contributed by atoms with Crippen molar-refractivity contribution < 1.29 is 28.7 Å². The Hall–Kier alpha value is -3.97. The topological polar surface area (TPSA) is 90.0 Å². The van der Waals surface area contributed by atoms with Gasteiger partial charge in [0.2, 0.25) is 11.7 Å². The van der Waals surface area contributed by atoms with E-state index < -0.39 is 18.0 Å². The monoisotopic (exact) mass is 505 g/mol. The van der Waals surface area contributed by atoms with E-state index in [0.717, 1.165) is 0 Å². The van der Waals surface area contributed by atoms with Gasteiger partial charge in [-0.05, 0) is 49.4 Å². The molecule has 184 valence electrons. The lowest BCUT2D eigenvalue weighted by molar-refractivity contribution is -0.151. The van der Waals surface area contributed by atoms with Gasteiger partial charge in [-0.2, -0.15) is 0 Å². The maximum atomic E-state index is 13.2. The highest BCUT2D eigenvalue weighted by atomic mass is 35.5. The fourth-order valence-electron chi connectivity index (χ4n) is 4.08. The zero-order chi connectivity index (χ0) is 25.8. The first-order valence-electron chi connectivity index (χ1n) is 11.4. The molecule has 3 aromatic rings. The first-order chi connectivity index (χ1) is 17.3. The van der Waals surface area contributed by atoms with E-state index >= 15 is 0 Å². The number of hydrogen-bond acceptors (Lipinski definition) is 6. The van der Waals surface area contributed by atoms with Gasteiger partial charge in [0.15, 0.2) is 11.9 Å². The van der Waals surface area contributed by atoms with E-state index in [1.165, 1.54) is 25.0 Å². The Balaban J connectivity index is 1.48. The van der Waals surface area contributed by atoms with E-state index in [4.69, 9.17) is 21.1 Å². The zero-order valence-corrected chi connectivity index (χ0v) is 20.5. The van der Waals surface area contributed by atoms with Crippen molar-refractivity contribution in [1.29, 1.82) is 0 Å². The number of esters is 1. The van der Waals surface area contributed by atoms with Crippen molar-refractivity contribution in [1.82, 2.24) is 0 Å².